The maximum Gasteiger partial charge on any atom is 0.416 e. The molecule has 0 aromatic heterocycles. The van der Waals surface area contributed by atoms with E-state index in [-0.39, 0.29) is 12.6 Å². The molecule has 35 heavy (non-hydrogen) atoms. The Bertz CT molecular complexity index is 1280. The van der Waals surface area contributed by atoms with Crippen molar-refractivity contribution in [2.45, 2.75) is 18.6 Å². The summed E-state index contributed by atoms with van der Waals surface area (Å²) in [5.74, 6) is -0.320. The Labute approximate surface area is 200 Å². The minimum absolute atomic E-state index is 0.126. The topological polar surface area (TPSA) is 55.9 Å². The second-order valence-corrected chi connectivity index (χ2v) is 9.11. The Hall–Kier alpha value is -3.59. The number of urea groups is 1. The van der Waals surface area contributed by atoms with Crippen LogP contribution in [0.4, 0.5) is 23.7 Å². The van der Waals surface area contributed by atoms with Gasteiger partial charge in [-0.05, 0) is 41.5 Å². The Balaban J connectivity index is 1.28. The second-order valence-electron chi connectivity index (χ2n) is 9.11. The van der Waals surface area contributed by atoms with Crippen LogP contribution in [0.3, 0.4) is 0 Å². The van der Waals surface area contributed by atoms with Gasteiger partial charge < -0.3 is 10.2 Å². The molecule has 6 nitrogen and oxygen atoms in total. The van der Waals surface area contributed by atoms with E-state index >= 15 is 0 Å². The average Bonchev–Trinajstić information content (AvgIpc) is 3.07. The van der Waals surface area contributed by atoms with E-state index in [1.54, 1.807) is 13.0 Å². The van der Waals surface area contributed by atoms with Crippen molar-refractivity contribution in [2.75, 3.05) is 37.7 Å². The van der Waals surface area contributed by atoms with Crippen LogP contribution in [0, 0.1) is 0 Å². The van der Waals surface area contributed by atoms with E-state index in [2.05, 4.69) is 5.32 Å². The fourth-order valence-corrected chi connectivity index (χ4v) is 4.90. The lowest BCUT2D eigenvalue weighted by Crippen LogP contribution is -2.51. The molecule has 2 aliphatic heterocycles. The molecule has 3 aromatic rings. The molecule has 1 atom stereocenters. The van der Waals surface area contributed by atoms with E-state index in [4.69, 9.17) is 0 Å². The van der Waals surface area contributed by atoms with E-state index in [0.29, 0.717) is 31.9 Å². The molecular formula is C26H25F3N4O2. The van der Waals surface area contributed by atoms with E-state index in [1.807, 2.05) is 52.3 Å². The van der Waals surface area contributed by atoms with Crippen molar-refractivity contribution in [2.24, 2.45) is 0 Å². The molecule has 3 aromatic carbocycles. The Morgan fingerprint density at radius 2 is 1.60 bits per heavy atom. The summed E-state index contributed by atoms with van der Waals surface area (Å²) in [4.78, 5) is 31.4. The van der Waals surface area contributed by atoms with Crippen molar-refractivity contribution in [3.63, 3.8) is 0 Å². The summed E-state index contributed by atoms with van der Waals surface area (Å²) >= 11 is 0. The monoisotopic (exact) mass is 482 g/mol. The second kappa shape index (κ2) is 8.57. The molecule has 0 spiro atoms. The summed E-state index contributed by atoms with van der Waals surface area (Å²) in [7, 11) is 0. The highest BCUT2D eigenvalue weighted by atomic mass is 19.4. The van der Waals surface area contributed by atoms with Gasteiger partial charge in [-0.3, -0.25) is 9.69 Å². The van der Waals surface area contributed by atoms with Crippen molar-refractivity contribution in [1.29, 1.82) is 0 Å². The highest BCUT2D eigenvalue weighted by Gasteiger charge is 2.50. The molecule has 182 valence electrons. The quantitative estimate of drug-likeness (QED) is 0.560. The maximum atomic E-state index is 13.5. The average molecular weight is 483 g/mol. The van der Waals surface area contributed by atoms with Crippen molar-refractivity contribution in [3.8, 4) is 0 Å². The summed E-state index contributed by atoms with van der Waals surface area (Å²) in [5, 5.41) is 4.77. The lowest BCUT2D eigenvalue weighted by atomic mass is 9.88. The van der Waals surface area contributed by atoms with Gasteiger partial charge in [-0.25, -0.2) is 9.69 Å². The fourth-order valence-electron chi connectivity index (χ4n) is 4.90. The zero-order valence-electron chi connectivity index (χ0n) is 19.2. The summed E-state index contributed by atoms with van der Waals surface area (Å²) in [5.41, 5.74) is -0.606. The number of alkyl halides is 3. The van der Waals surface area contributed by atoms with Gasteiger partial charge in [0.05, 0.1) is 12.2 Å². The third-order valence-corrected chi connectivity index (χ3v) is 6.86. The molecule has 2 fully saturated rings. The number of fused-ring (bicyclic) bond motifs is 1. The van der Waals surface area contributed by atoms with Crippen LogP contribution in [0.1, 0.15) is 18.1 Å². The largest absolute Gasteiger partial charge is 0.416 e. The first-order valence-electron chi connectivity index (χ1n) is 11.4. The van der Waals surface area contributed by atoms with Gasteiger partial charge in [0.25, 0.3) is 5.91 Å². The lowest BCUT2D eigenvalue weighted by molar-refractivity contribution is -0.137. The summed E-state index contributed by atoms with van der Waals surface area (Å²) < 4.78 is 39.2. The number of rotatable bonds is 4. The van der Waals surface area contributed by atoms with Crippen LogP contribution in [0.5, 0.6) is 0 Å². The minimum atomic E-state index is -4.39. The molecule has 0 unspecified atom stereocenters. The number of nitrogens with one attached hydrogen (secondary N) is 1. The minimum Gasteiger partial charge on any atom is -0.369 e. The molecule has 0 aliphatic carbocycles. The van der Waals surface area contributed by atoms with Crippen LogP contribution < -0.4 is 10.2 Å². The van der Waals surface area contributed by atoms with Gasteiger partial charge in [0.15, 0.2) is 0 Å². The lowest BCUT2D eigenvalue weighted by Gasteiger charge is -2.37. The van der Waals surface area contributed by atoms with Crippen LogP contribution in [0.2, 0.25) is 0 Å². The van der Waals surface area contributed by atoms with Gasteiger partial charge in [0.2, 0.25) is 0 Å². The van der Waals surface area contributed by atoms with Crippen LogP contribution in [-0.4, -0.2) is 54.6 Å². The molecule has 2 saturated heterocycles. The van der Waals surface area contributed by atoms with Gasteiger partial charge >= 0.3 is 12.2 Å². The highest BCUT2D eigenvalue weighted by molar-refractivity contribution is 6.09. The number of halogens is 3. The fraction of sp³-hybridized carbons (Fsp3) is 0.308. The first kappa shape index (κ1) is 23.2. The van der Waals surface area contributed by atoms with Gasteiger partial charge in [0, 0.05) is 31.9 Å². The highest BCUT2D eigenvalue weighted by Crippen LogP contribution is 2.34. The molecule has 2 heterocycles. The van der Waals surface area contributed by atoms with Crippen LogP contribution in [0.25, 0.3) is 10.8 Å². The summed E-state index contributed by atoms with van der Waals surface area (Å²) in [6, 6.07) is 18.3. The molecule has 9 heteroatoms. The maximum absolute atomic E-state index is 13.5. The van der Waals surface area contributed by atoms with Crippen molar-refractivity contribution >= 4 is 28.4 Å². The predicted molar refractivity (Wildman–Crippen MR) is 127 cm³/mol. The smallest absolute Gasteiger partial charge is 0.369 e. The normalized spacial score (nSPS) is 21.6. The van der Waals surface area contributed by atoms with Crippen LogP contribution >= 0.6 is 0 Å². The number of imide groups is 1. The first-order valence-corrected chi connectivity index (χ1v) is 11.4. The molecule has 0 bridgehead atoms. The van der Waals surface area contributed by atoms with Crippen LogP contribution in [-0.2, 0) is 16.5 Å². The summed E-state index contributed by atoms with van der Waals surface area (Å²) in [6.07, 6.45) is -4.39. The van der Waals surface area contributed by atoms with E-state index < -0.39 is 23.3 Å². The number of hydrogen-bond donors (Lipinski definition) is 1. The summed E-state index contributed by atoms with van der Waals surface area (Å²) in [6.45, 7) is 3.86. The third-order valence-electron chi connectivity index (χ3n) is 6.86. The number of anilines is 1. The molecule has 1 N–H and O–H groups in total. The zero-order chi connectivity index (χ0) is 24.8. The zero-order valence-corrected chi connectivity index (χ0v) is 19.2. The number of piperazine rings is 1. The molecule has 2 aliphatic rings. The number of hydrogen-bond acceptors (Lipinski definition) is 4. The Kier molecular flexibility index (Phi) is 5.67. The van der Waals surface area contributed by atoms with Gasteiger partial charge in [0.1, 0.15) is 5.54 Å². The third kappa shape index (κ3) is 4.20. The molecule has 0 radical (unpaired) electrons. The number of amides is 3. The molecule has 3 amide bonds. The van der Waals surface area contributed by atoms with Gasteiger partial charge in [-0.15, -0.1) is 0 Å². The van der Waals surface area contributed by atoms with E-state index in [1.165, 1.54) is 11.0 Å². The molecule has 5 rings (SSSR count). The predicted octanol–water partition coefficient (Wildman–Crippen LogP) is 4.41. The molecule has 0 saturated carbocycles. The van der Waals surface area contributed by atoms with Crippen LogP contribution in [0.15, 0.2) is 66.7 Å². The van der Waals surface area contributed by atoms with E-state index in [9.17, 15) is 22.8 Å². The van der Waals surface area contributed by atoms with Crippen molar-refractivity contribution in [1.82, 2.24) is 15.1 Å². The standard InChI is InChI=1S/C26H25F3N4O2/c1-25(22-11-4-7-18-6-2-3-10-21(18)22)23(34)33(24(35)30-25)17-31-12-14-32(15-13-31)20-9-5-8-19(16-20)26(27,28)29/h2-11,16H,12-15,17H2,1H3,(H,30,35)/t25-/m1/s1. The Morgan fingerprint density at radius 3 is 2.34 bits per heavy atom. The van der Waals surface area contributed by atoms with Crippen molar-refractivity contribution < 1.29 is 22.8 Å². The molecular weight excluding hydrogens is 457 g/mol. The number of benzene rings is 3. The van der Waals surface area contributed by atoms with Crippen molar-refractivity contribution in [3.05, 3.63) is 77.9 Å². The Morgan fingerprint density at radius 1 is 0.914 bits per heavy atom. The first-order chi connectivity index (χ1) is 16.7. The SMILES string of the molecule is C[C@]1(c2cccc3ccccc23)NC(=O)N(CN2CCN(c3cccc(C(F)(F)F)c3)CC2)C1=O. The van der Waals surface area contributed by atoms with Gasteiger partial charge in [-0.2, -0.15) is 13.2 Å². The van der Waals surface area contributed by atoms with Gasteiger partial charge in [-0.1, -0.05) is 48.5 Å². The number of carbonyl (C=O) groups is 2. The number of nitrogens with zero attached hydrogens (tertiary/aromatic N) is 3. The van der Waals surface area contributed by atoms with E-state index in [0.717, 1.165) is 28.5 Å². The number of carbonyl (C=O) groups excluding carboxylic acids is 2.